The first-order valence-electron chi connectivity index (χ1n) is 6.62. The lowest BCUT2D eigenvalue weighted by molar-refractivity contribution is 0.217. The van der Waals surface area contributed by atoms with Crippen LogP contribution in [0.15, 0.2) is 48.5 Å². The zero-order valence-corrected chi connectivity index (χ0v) is 11.6. The Bertz CT molecular complexity index is 599. The molecule has 2 aromatic carbocycles. The molecule has 0 heterocycles. The molecule has 1 N–H and O–H groups in total. The molecule has 0 aromatic heterocycles. The summed E-state index contributed by atoms with van der Waals surface area (Å²) in [6.07, 6.45) is 0. The van der Waals surface area contributed by atoms with Gasteiger partial charge in [0.25, 0.3) is 0 Å². The quantitative estimate of drug-likeness (QED) is 0.905. The summed E-state index contributed by atoms with van der Waals surface area (Å²) in [5.74, 6) is 0. The molecule has 0 radical (unpaired) electrons. The molecule has 0 aliphatic rings. The maximum atomic E-state index is 9.13. The summed E-state index contributed by atoms with van der Waals surface area (Å²) in [5, 5.41) is 18.0. The monoisotopic (exact) mass is 266 g/mol. The van der Waals surface area contributed by atoms with E-state index in [4.69, 9.17) is 10.4 Å². The van der Waals surface area contributed by atoms with Crippen molar-refractivity contribution in [2.24, 2.45) is 0 Å². The molecule has 0 bridgehead atoms. The number of benzene rings is 2. The van der Waals surface area contributed by atoms with Crippen LogP contribution in [0.4, 0.5) is 0 Å². The molecule has 0 amide bonds. The molecule has 0 saturated carbocycles. The molecular formula is C17H18N2O. The molecule has 3 heteroatoms. The fourth-order valence-electron chi connectivity index (χ4n) is 2.18. The number of nitrogens with zero attached hydrogens (tertiary/aromatic N) is 2. The van der Waals surface area contributed by atoms with E-state index < -0.39 is 0 Å². The van der Waals surface area contributed by atoms with Crippen LogP contribution in [0.5, 0.6) is 0 Å². The van der Waals surface area contributed by atoms with Gasteiger partial charge in [-0.2, -0.15) is 5.26 Å². The Hall–Kier alpha value is -2.15. The summed E-state index contributed by atoms with van der Waals surface area (Å²) in [6.45, 7) is 1.64. The average molecular weight is 266 g/mol. The van der Waals surface area contributed by atoms with Gasteiger partial charge in [0.2, 0.25) is 0 Å². The molecule has 20 heavy (non-hydrogen) atoms. The lowest BCUT2D eigenvalue weighted by Gasteiger charge is -2.15. The second-order valence-corrected chi connectivity index (χ2v) is 4.82. The maximum absolute atomic E-state index is 9.13. The molecule has 3 nitrogen and oxygen atoms in total. The van der Waals surface area contributed by atoms with Crippen molar-refractivity contribution in [2.75, 3.05) is 20.2 Å². The highest BCUT2D eigenvalue weighted by atomic mass is 16.3. The summed E-state index contributed by atoms with van der Waals surface area (Å²) in [5.41, 5.74) is 3.90. The Balaban J connectivity index is 2.18. The van der Waals surface area contributed by atoms with Gasteiger partial charge in [0.05, 0.1) is 18.2 Å². The fraction of sp³-hybridized carbons (Fsp3) is 0.235. The maximum Gasteiger partial charge on any atom is 0.0998 e. The van der Waals surface area contributed by atoms with Gasteiger partial charge in [-0.1, -0.05) is 42.5 Å². The third-order valence-electron chi connectivity index (χ3n) is 3.25. The topological polar surface area (TPSA) is 47.3 Å². The Morgan fingerprint density at radius 2 is 1.80 bits per heavy atom. The van der Waals surface area contributed by atoms with Gasteiger partial charge in [0.15, 0.2) is 0 Å². The summed E-state index contributed by atoms with van der Waals surface area (Å²) in [4.78, 5) is 2.07. The summed E-state index contributed by atoms with van der Waals surface area (Å²) >= 11 is 0. The van der Waals surface area contributed by atoms with E-state index in [1.807, 2.05) is 43.4 Å². The Morgan fingerprint density at radius 3 is 2.45 bits per heavy atom. The predicted molar refractivity (Wildman–Crippen MR) is 80.0 cm³/mol. The molecule has 0 fully saturated rings. The minimum Gasteiger partial charge on any atom is -0.395 e. The molecule has 102 valence electrons. The lowest BCUT2D eigenvalue weighted by atomic mass is 9.99. The van der Waals surface area contributed by atoms with Gasteiger partial charge in [0.1, 0.15) is 0 Å². The zero-order chi connectivity index (χ0) is 14.4. The van der Waals surface area contributed by atoms with Crippen molar-refractivity contribution >= 4 is 0 Å². The van der Waals surface area contributed by atoms with E-state index in [1.54, 1.807) is 0 Å². The minimum absolute atomic E-state index is 0.171. The Labute approximate surface area is 119 Å². The van der Waals surface area contributed by atoms with Crippen molar-refractivity contribution in [3.05, 3.63) is 59.7 Å². The molecule has 0 saturated heterocycles. The number of hydrogen-bond donors (Lipinski definition) is 1. The normalized spacial score (nSPS) is 10.5. The molecule has 0 unspecified atom stereocenters. The van der Waals surface area contributed by atoms with Crippen molar-refractivity contribution in [2.45, 2.75) is 6.54 Å². The van der Waals surface area contributed by atoms with E-state index in [0.717, 1.165) is 17.7 Å². The van der Waals surface area contributed by atoms with E-state index in [2.05, 4.69) is 23.1 Å². The molecule has 0 atom stereocenters. The van der Waals surface area contributed by atoms with Gasteiger partial charge >= 0.3 is 0 Å². The van der Waals surface area contributed by atoms with Crippen LogP contribution in [0, 0.1) is 11.3 Å². The number of likely N-dealkylation sites (N-methyl/N-ethyl adjacent to an activating group) is 1. The average Bonchev–Trinajstić information content (AvgIpc) is 2.48. The number of aliphatic hydroxyl groups excluding tert-OH is 1. The van der Waals surface area contributed by atoms with Gasteiger partial charge in [-0.15, -0.1) is 0 Å². The van der Waals surface area contributed by atoms with E-state index in [1.165, 1.54) is 5.56 Å². The highest BCUT2D eigenvalue weighted by Gasteiger charge is 2.04. The number of rotatable bonds is 5. The summed E-state index contributed by atoms with van der Waals surface area (Å²) < 4.78 is 0. The van der Waals surface area contributed by atoms with Crippen LogP contribution in [0.25, 0.3) is 11.1 Å². The van der Waals surface area contributed by atoms with E-state index in [-0.39, 0.29) is 6.61 Å². The largest absolute Gasteiger partial charge is 0.395 e. The van der Waals surface area contributed by atoms with Crippen LogP contribution in [-0.2, 0) is 6.54 Å². The molecular weight excluding hydrogens is 248 g/mol. The first-order chi connectivity index (χ1) is 9.74. The second-order valence-electron chi connectivity index (χ2n) is 4.82. The Kier molecular flexibility index (Phi) is 4.89. The van der Waals surface area contributed by atoms with Crippen LogP contribution in [0.1, 0.15) is 11.1 Å². The van der Waals surface area contributed by atoms with Crippen LogP contribution >= 0.6 is 0 Å². The number of aliphatic hydroxyl groups is 1. The van der Waals surface area contributed by atoms with Crippen molar-refractivity contribution in [3.63, 3.8) is 0 Å². The first kappa shape index (κ1) is 14.3. The van der Waals surface area contributed by atoms with E-state index in [9.17, 15) is 0 Å². The molecule has 0 aliphatic carbocycles. The van der Waals surface area contributed by atoms with Crippen molar-refractivity contribution < 1.29 is 5.11 Å². The standard InChI is InChI=1S/C17H18N2O/c1-19(10-11-20)13-14-6-8-15(9-7-14)17-5-3-2-4-16(17)12-18/h2-9,20H,10-11,13H2,1H3. The lowest BCUT2D eigenvalue weighted by Crippen LogP contribution is -2.21. The van der Waals surface area contributed by atoms with E-state index in [0.29, 0.717) is 12.1 Å². The van der Waals surface area contributed by atoms with Gasteiger partial charge in [-0.3, -0.25) is 4.90 Å². The number of hydrogen-bond acceptors (Lipinski definition) is 3. The first-order valence-corrected chi connectivity index (χ1v) is 6.62. The van der Waals surface area contributed by atoms with Crippen molar-refractivity contribution in [1.29, 1.82) is 5.26 Å². The van der Waals surface area contributed by atoms with Crippen LogP contribution in [0.2, 0.25) is 0 Å². The third-order valence-corrected chi connectivity index (χ3v) is 3.25. The fourth-order valence-corrected chi connectivity index (χ4v) is 2.18. The Morgan fingerprint density at radius 1 is 1.10 bits per heavy atom. The highest BCUT2D eigenvalue weighted by molar-refractivity contribution is 5.70. The van der Waals surface area contributed by atoms with Crippen LogP contribution < -0.4 is 0 Å². The highest BCUT2D eigenvalue weighted by Crippen LogP contribution is 2.23. The van der Waals surface area contributed by atoms with Gasteiger partial charge in [0, 0.05) is 13.1 Å². The summed E-state index contributed by atoms with van der Waals surface area (Å²) in [6, 6.07) is 18.0. The van der Waals surface area contributed by atoms with Gasteiger partial charge < -0.3 is 5.11 Å². The van der Waals surface area contributed by atoms with Crippen LogP contribution in [-0.4, -0.2) is 30.2 Å². The van der Waals surface area contributed by atoms with Crippen molar-refractivity contribution in [1.82, 2.24) is 4.90 Å². The smallest absolute Gasteiger partial charge is 0.0998 e. The van der Waals surface area contributed by atoms with Gasteiger partial charge in [-0.25, -0.2) is 0 Å². The predicted octanol–water partition coefficient (Wildman–Crippen LogP) is 2.65. The second kappa shape index (κ2) is 6.85. The number of nitriles is 1. The van der Waals surface area contributed by atoms with Gasteiger partial charge in [-0.05, 0) is 29.8 Å². The molecule has 0 spiro atoms. The van der Waals surface area contributed by atoms with Crippen LogP contribution in [0.3, 0.4) is 0 Å². The van der Waals surface area contributed by atoms with Crippen molar-refractivity contribution in [3.8, 4) is 17.2 Å². The third kappa shape index (κ3) is 3.45. The summed E-state index contributed by atoms with van der Waals surface area (Å²) in [7, 11) is 1.98. The molecule has 0 aliphatic heterocycles. The SMILES string of the molecule is CN(CCO)Cc1ccc(-c2ccccc2C#N)cc1. The van der Waals surface area contributed by atoms with E-state index >= 15 is 0 Å². The minimum atomic E-state index is 0.171. The zero-order valence-electron chi connectivity index (χ0n) is 11.6. The molecule has 2 aromatic rings. The molecule has 2 rings (SSSR count).